The van der Waals surface area contributed by atoms with E-state index in [1.54, 1.807) is 14.2 Å². The van der Waals surface area contributed by atoms with Crippen molar-refractivity contribution in [3.8, 4) is 11.5 Å². The Morgan fingerprint density at radius 3 is 2.43 bits per heavy atom. The number of nitrogens with zero attached hydrogens (tertiary/aromatic N) is 1. The Kier molecular flexibility index (Phi) is 5.21. The molecule has 4 heteroatoms. The first-order valence-corrected chi connectivity index (χ1v) is 6.72. The summed E-state index contributed by atoms with van der Waals surface area (Å²) in [5.74, 6) is 1.43. The van der Waals surface area contributed by atoms with E-state index in [0.717, 1.165) is 23.3 Å². The molecule has 0 saturated heterocycles. The fourth-order valence-electron chi connectivity index (χ4n) is 2.36. The fraction of sp³-hybridized carbons (Fsp3) is 0.235. The summed E-state index contributed by atoms with van der Waals surface area (Å²) in [5.41, 5.74) is 3.28. The van der Waals surface area contributed by atoms with Gasteiger partial charge in [0, 0.05) is 24.6 Å². The molecule has 0 spiro atoms. The lowest BCUT2D eigenvalue weighted by Gasteiger charge is -2.16. The molecule has 0 heterocycles. The van der Waals surface area contributed by atoms with Crippen molar-refractivity contribution in [1.82, 2.24) is 0 Å². The molecule has 0 atom stereocenters. The third-order valence-electron chi connectivity index (χ3n) is 3.36. The van der Waals surface area contributed by atoms with Gasteiger partial charge in [0.05, 0.1) is 14.2 Å². The van der Waals surface area contributed by atoms with Crippen LogP contribution in [0, 0.1) is 0 Å². The molecule has 0 bridgehead atoms. The summed E-state index contributed by atoms with van der Waals surface area (Å²) >= 11 is 0. The van der Waals surface area contributed by atoms with Gasteiger partial charge in [-0.2, -0.15) is 0 Å². The van der Waals surface area contributed by atoms with E-state index in [1.807, 2.05) is 30.3 Å². The van der Waals surface area contributed by atoms with Crippen molar-refractivity contribution < 1.29 is 14.7 Å². The topological polar surface area (TPSA) is 51.0 Å². The average Bonchev–Trinajstić information content (AvgIpc) is 2.54. The first kappa shape index (κ1) is 14.9. The number of rotatable bonds is 6. The monoisotopic (exact) mass is 285 g/mol. The highest BCUT2D eigenvalue weighted by atomic mass is 16.5. The van der Waals surface area contributed by atoms with Crippen LogP contribution in [-0.2, 0) is 12.8 Å². The van der Waals surface area contributed by atoms with Crippen LogP contribution in [0.5, 0.6) is 11.5 Å². The Labute approximate surface area is 124 Å². The first-order valence-electron chi connectivity index (χ1n) is 6.72. The Morgan fingerprint density at radius 2 is 1.81 bits per heavy atom. The molecule has 0 unspecified atom stereocenters. The maximum Gasteiger partial charge on any atom is 0.164 e. The van der Waals surface area contributed by atoms with Gasteiger partial charge in [0.1, 0.15) is 0 Å². The molecule has 110 valence electrons. The second kappa shape index (κ2) is 7.33. The molecular weight excluding hydrogens is 266 g/mol. The van der Waals surface area contributed by atoms with Crippen molar-refractivity contribution in [3.63, 3.8) is 0 Å². The summed E-state index contributed by atoms with van der Waals surface area (Å²) in [6, 6.07) is 14.0. The lowest BCUT2D eigenvalue weighted by atomic mass is 9.96. The predicted molar refractivity (Wildman–Crippen MR) is 82.8 cm³/mol. The van der Waals surface area contributed by atoms with Gasteiger partial charge >= 0.3 is 0 Å². The second-order valence-electron chi connectivity index (χ2n) is 4.60. The van der Waals surface area contributed by atoms with E-state index in [-0.39, 0.29) is 0 Å². The molecule has 2 aromatic rings. The van der Waals surface area contributed by atoms with E-state index < -0.39 is 0 Å². The van der Waals surface area contributed by atoms with Crippen molar-refractivity contribution in [2.75, 3.05) is 14.2 Å². The van der Waals surface area contributed by atoms with Crippen LogP contribution in [0.25, 0.3) is 0 Å². The highest BCUT2D eigenvalue weighted by Gasteiger charge is 2.14. The van der Waals surface area contributed by atoms with Gasteiger partial charge in [-0.1, -0.05) is 36.4 Å². The second-order valence-corrected chi connectivity index (χ2v) is 4.60. The summed E-state index contributed by atoms with van der Waals surface area (Å²) in [4.78, 5) is 0. The number of benzene rings is 2. The SMILES string of the molecule is COc1ccc(C/C=N/O)c(Cc2ccccc2)c1OC. The number of ether oxygens (including phenoxy) is 2. The summed E-state index contributed by atoms with van der Waals surface area (Å²) < 4.78 is 10.9. The molecule has 0 aliphatic heterocycles. The Morgan fingerprint density at radius 1 is 1.05 bits per heavy atom. The number of oxime groups is 1. The molecule has 0 aliphatic carbocycles. The van der Waals surface area contributed by atoms with Crippen LogP contribution in [0.15, 0.2) is 47.6 Å². The van der Waals surface area contributed by atoms with Crippen LogP contribution in [0.3, 0.4) is 0 Å². The molecule has 0 fully saturated rings. The van der Waals surface area contributed by atoms with Crippen LogP contribution in [0.1, 0.15) is 16.7 Å². The molecule has 2 rings (SSSR count). The Bertz CT molecular complexity index is 609. The van der Waals surface area contributed by atoms with Crippen molar-refractivity contribution in [2.24, 2.45) is 5.16 Å². The largest absolute Gasteiger partial charge is 0.493 e. The average molecular weight is 285 g/mol. The minimum Gasteiger partial charge on any atom is -0.493 e. The zero-order chi connectivity index (χ0) is 15.1. The quantitative estimate of drug-likeness (QED) is 0.503. The predicted octanol–water partition coefficient (Wildman–Crippen LogP) is 3.30. The molecule has 21 heavy (non-hydrogen) atoms. The lowest BCUT2D eigenvalue weighted by Crippen LogP contribution is -2.03. The molecule has 0 aliphatic rings. The molecule has 0 amide bonds. The van der Waals surface area contributed by atoms with Gasteiger partial charge in [-0.3, -0.25) is 0 Å². The van der Waals surface area contributed by atoms with E-state index in [2.05, 4.69) is 17.3 Å². The maximum absolute atomic E-state index is 8.65. The zero-order valence-electron chi connectivity index (χ0n) is 12.2. The summed E-state index contributed by atoms with van der Waals surface area (Å²) in [5, 5.41) is 11.7. The molecule has 1 N–H and O–H groups in total. The van der Waals surface area contributed by atoms with Gasteiger partial charge in [0.2, 0.25) is 0 Å². The van der Waals surface area contributed by atoms with Gasteiger partial charge in [0.25, 0.3) is 0 Å². The Hall–Kier alpha value is -2.49. The van der Waals surface area contributed by atoms with Gasteiger partial charge < -0.3 is 14.7 Å². The van der Waals surface area contributed by atoms with Crippen molar-refractivity contribution in [2.45, 2.75) is 12.8 Å². The zero-order valence-corrected chi connectivity index (χ0v) is 12.2. The minimum absolute atomic E-state index is 0.541. The normalized spacial score (nSPS) is 10.8. The molecular formula is C17H19NO3. The highest BCUT2D eigenvalue weighted by Crippen LogP contribution is 2.35. The maximum atomic E-state index is 8.65. The van der Waals surface area contributed by atoms with Gasteiger partial charge in [-0.15, -0.1) is 5.16 Å². The van der Waals surface area contributed by atoms with Crippen molar-refractivity contribution >= 4 is 6.21 Å². The molecule has 0 aromatic heterocycles. The van der Waals surface area contributed by atoms with Crippen LogP contribution in [-0.4, -0.2) is 25.6 Å². The fourth-order valence-corrected chi connectivity index (χ4v) is 2.36. The van der Waals surface area contributed by atoms with Crippen LogP contribution < -0.4 is 9.47 Å². The standard InChI is InChI=1S/C17H19NO3/c1-20-16-9-8-14(10-11-18-19)15(17(16)21-2)12-13-6-4-3-5-7-13/h3-9,11,19H,10,12H2,1-2H3/b18-11+. The molecule has 0 radical (unpaired) electrons. The Balaban J connectivity index is 2.46. The number of methoxy groups -OCH3 is 2. The van der Waals surface area contributed by atoms with Crippen LogP contribution in [0.4, 0.5) is 0 Å². The van der Waals surface area contributed by atoms with Crippen LogP contribution >= 0.6 is 0 Å². The summed E-state index contributed by atoms with van der Waals surface area (Å²) in [7, 11) is 3.26. The molecule has 0 saturated carbocycles. The third-order valence-corrected chi connectivity index (χ3v) is 3.36. The number of hydrogen-bond acceptors (Lipinski definition) is 4. The van der Waals surface area contributed by atoms with Gasteiger partial charge in [-0.25, -0.2) is 0 Å². The van der Waals surface area contributed by atoms with Crippen molar-refractivity contribution in [3.05, 3.63) is 59.2 Å². The number of hydrogen-bond donors (Lipinski definition) is 1. The third kappa shape index (κ3) is 3.54. The smallest absolute Gasteiger partial charge is 0.164 e. The first-order chi connectivity index (χ1) is 10.3. The van der Waals surface area contributed by atoms with Gasteiger partial charge in [0.15, 0.2) is 11.5 Å². The van der Waals surface area contributed by atoms with E-state index in [1.165, 1.54) is 11.8 Å². The molecule has 2 aromatic carbocycles. The summed E-state index contributed by atoms with van der Waals surface area (Å²) in [6.07, 6.45) is 2.74. The van der Waals surface area contributed by atoms with E-state index in [4.69, 9.17) is 14.7 Å². The van der Waals surface area contributed by atoms with E-state index in [0.29, 0.717) is 12.2 Å². The van der Waals surface area contributed by atoms with E-state index >= 15 is 0 Å². The van der Waals surface area contributed by atoms with Crippen molar-refractivity contribution in [1.29, 1.82) is 0 Å². The van der Waals surface area contributed by atoms with E-state index in [9.17, 15) is 0 Å². The van der Waals surface area contributed by atoms with Gasteiger partial charge in [-0.05, 0) is 17.2 Å². The molecule has 4 nitrogen and oxygen atoms in total. The minimum atomic E-state index is 0.541. The summed E-state index contributed by atoms with van der Waals surface area (Å²) in [6.45, 7) is 0. The highest BCUT2D eigenvalue weighted by molar-refractivity contribution is 5.64. The van der Waals surface area contributed by atoms with Crippen LogP contribution in [0.2, 0.25) is 0 Å². The lowest BCUT2D eigenvalue weighted by molar-refractivity contribution is 0.320.